The van der Waals surface area contributed by atoms with Crippen LogP contribution in [0, 0.1) is 5.92 Å². The van der Waals surface area contributed by atoms with E-state index in [0.717, 1.165) is 38.5 Å². The first-order valence-electron chi connectivity index (χ1n) is 12.4. The third-order valence-corrected chi connectivity index (χ3v) is 7.68. The van der Waals surface area contributed by atoms with Crippen LogP contribution in [-0.2, 0) is 17.6 Å². The largest absolute Gasteiger partial charge is 0.393 e. The van der Waals surface area contributed by atoms with Gasteiger partial charge in [-0.2, -0.15) is 0 Å². The lowest BCUT2D eigenvalue weighted by Crippen LogP contribution is -2.49. The molecule has 0 aromatic heterocycles. The van der Waals surface area contributed by atoms with Crippen LogP contribution in [0.2, 0.25) is 0 Å². The molecular formula is C28H33NO4. The minimum Gasteiger partial charge on any atom is -0.393 e. The molecule has 2 bridgehead atoms. The monoisotopic (exact) mass is 447 g/mol. The van der Waals surface area contributed by atoms with Crippen LogP contribution in [-0.4, -0.2) is 53.1 Å². The first-order chi connectivity index (χ1) is 16.1. The van der Waals surface area contributed by atoms with Gasteiger partial charge < -0.3 is 14.7 Å². The van der Waals surface area contributed by atoms with Crippen molar-refractivity contribution >= 4 is 11.7 Å². The molecule has 1 aliphatic carbocycles. The second-order valence-corrected chi connectivity index (χ2v) is 9.95. The Hall–Kier alpha value is -2.50. The van der Waals surface area contributed by atoms with Crippen molar-refractivity contribution in [2.24, 2.45) is 5.92 Å². The lowest BCUT2D eigenvalue weighted by atomic mass is 9.95. The van der Waals surface area contributed by atoms with Gasteiger partial charge in [0, 0.05) is 17.5 Å². The van der Waals surface area contributed by atoms with Crippen LogP contribution in [0.25, 0.3) is 0 Å². The molecule has 5 nitrogen and oxygen atoms in total. The average molecular weight is 448 g/mol. The Labute approximate surface area is 195 Å². The maximum atomic E-state index is 13.0. The number of amides is 1. The molecule has 0 spiro atoms. The van der Waals surface area contributed by atoms with E-state index in [-0.39, 0.29) is 23.8 Å². The van der Waals surface area contributed by atoms with Gasteiger partial charge in [-0.25, -0.2) is 0 Å². The predicted molar refractivity (Wildman–Crippen MR) is 126 cm³/mol. The van der Waals surface area contributed by atoms with Gasteiger partial charge in [0.05, 0.1) is 31.4 Å². The van der Waals surface area contributed by atoms with E-state index in [2.05, 4.69) is 24.3 Å². The van der Waals surface area contributed by atoms with Gasteiger partial charge in [-0.15, -0.1) is 0 Å². The van der Waals surface area contributed by atoms with Gasteiger partial charge in [0.2, 0.25) is 0 Å². The van der Waals surface area contributed by atoms with Gasteiger partial charge >= 0.3 is 0 Å². The highest BCUT2D eigenvalue weighted by Crippen LogP contribution is 2.31. The third kappa shape index (κ3) is 4.90. The second kappa shape index (κ2) is 9.78. The molecule has 5 rings (SSSR count). The lowest BCUT2D eigenvalue weighted by Gasteiger charge is -2.34. The van der Waals surface area contributed by atoms with Gasteiger partial charge in [0.25, 0.3) is 5.91 Å². The van der Waals surface area contributed by atoms with Crippen LogP contribution in [0.1, 0.15) is 70.4 Å². The molecule has 2 aromatic rings. The standard InChI is InChI=1S/C28H33NO4/c30-26(12-5-19-15-22-3-1-2-4-23(22)16-19)13-14-27(31)20-6-8-21(9-7-20)28(32)29-24-10-11-25(29)18-33-17-24/h1-4,6-9,19,24-26,30H,5,10-18H2/t24?,25?,26-/m0/s1. The van der Waals surface area contributed by atoms with Crippen LogP contribution < -0.4 is 0 Å². The van der Waals surface area contributed by atoms with Gasteiger partial charge in [-0.05, 0) is 74.1 Å². The minimum atomic E-state index is -0.449. The molecule has 3 atom stereocenters. The molecule has 2 heterocycles. The summed E-state index contributed by atoms with van der Waals surface area (Å²) in [4.78, 5) is 27.6. The van der Waals surface area contributed by atoms with Gasteiger partial charge in [-0.1, -0.05) is 36.4 Å². The SMILES string of the molecule is O=C(CC[C@@H](O)CCC1Cc2ccccc2C1)c1ccc(C(=O)N2C3CCC2COC3)cc1. The molecule has 2 aromatic carbocycles. The zero-order valence-electron chi connectivity index (χ0n) is 19.1. The number of benzene rings is 2. The number of carbonyl (C=O) groups excluding carboxylic acids is 2. The maximum absolute atomic E-state index is 13.0. The Morgan fingerprint density at radius 2 is 1.52 bits per heavy atom. The van der Waals surface area contributed by atoms with E-state index in [4.69, 9.17) is 4.74 Å². The molecule has 5 heteroatoms. The van der Waals surface area contributed by atoms with Crippen LogP contribution in [0.15, 0.2) is 48.5 Å². The van der Waals surface area contributed by atoms with Crippen molar-refractivity contribution in [2.75, 3.05) is 13.2 Å². The quantitative estimate of drug-likeness (QED) is 0.616. The van der Waals surface area contributed by atoms with Crippen molar-refractivity contribution in [3.8, 4) is 0 Å². The fourth-order valence-electron chi connectivity index (χ4n) is 5.78. The van der Waals surface area contributed by atoms with Crippen molar-refractivity contribution in [1.82, 2.24) is 4.90 Å². The number of hydrogen-bond donors (Lipinski definition) is 1. The van der Waals surface area contributed by atoms with Gasteiger partial charge in [-0.3, -0.25) is 9.59 Å². The van der Waals surface area contributed by atoms with E-state index in [1.54, 1.807) is 24.3 Å². The first kappa shape index (κ1) is 22.3. The van der Waals surface area contributed by atoms with Crippen LogP contribution in [0.4, 0.5) is 0 Å². The topological polar surface area (TPSA) is 66.8 Å². The fourth-order valence-corrected chi connectivity index (χ4v) is 5.78. The summed E-state index contributed by atoms with van der Waals surface area (Å²) in [6.45, 7) is 1.24. The number of aliphatic hydroxyl groups is 1. The number of fused-ring (bicyclic) bond motifs is 3. The molecule has 33 heavy (non-hydrogen) atoms. The third-order valence-electron chi connectivity index (χ3n) is 7.68. The smallest absolute Gasteiger partial charge is 0.254 e. The Bertz CT molecular complexity index is 960. The zero-order chi connectivity index (χ0) is 22.8. The van der Waals surface area contributed by atoms with Crippen molar-refractivity contribution < 1.29 is 19.4 Å². The summed E-state index contributed by atoms with van der Waals surface area (Å²) in [6, 6.07) is 16.0. The Morgan fingerprint density at radius 1 is 0.909 bits per heavy atom. The molecular weight excluding hydrogens is 414 g/mol. The number of aliphatic hydroxyl groups excluding tert-OH is 1. The number of carbonyl (C=O) groups is 2. The number of morpholine rings is 1. The first-order valence-corrected chi connectivity index (χ1v) is 12.4. The van der Waals surface area contributed by atoms with Crippen molar-refractivity contribution in [3.63, 3.8) is 0 Å². The second-order valence-electron chi connectivity index (χ2n) is 9.95. The number of Topliss-reactive ketones (excluding diaryl/α,β-unsaturated/α-hetero) is 1. The summed E-state index contributed by atoms with van der Waals surface area (Å²) in [6.07, 6.45) is 6.29. The summed E-state index contributed by atoms with van der Waals surface area (Å²) in [5.41, 5.74) is 4.11. The molecule has 0 radical (unpaired) electrons. The number of nitrogens with zero attached hydrogens (tertiary/aromatic N) is 1. The number of rotatable bonds is 8. The van der Waals surface area contributed by atoms with E-state index in [9.17, 15) is 14.7 Å². The minimum absolute atomic E-state index is 0.0211. The van der Waals surface area contributed by atoms with Gasteiger partial charge in [0.15, 0.2) is 5.78 Å². The highest BCUT2D eigenvalue weighted by Gasteiger charge is 2.40. The number of hydrogen-bond acceptors (Lipinski definition) is 4. The molecule has 1 amide bonds. The molecule has 2 saturated heterocycles. The molecule has 3 aliphatic rings. The van der Waals surface area contributed by atoms with E-state index < -0.39 is 6.10 Å². The predicted octanol–water partition coefficient (Wildman–Crippen LogP) is 4.21. The highest BCUT2D eigenvalue weighted by atomic mass is 16.5. The van der Waals surface area contributed by atoms with Crippen LogP contribution in [0.5, 0.6) is 0 Å². The molecule has 0 saturated carbocycles. The van der Waals surface area contributed by atoms with Crippen molar-refractivity contribution in [3.05, 3.63) is 70.8 Å². The summed E-state index contributed by atoms with van der Waals surface area (Å²) in [5, 5.41) is 10.4. The summed E-state index contributed by atoms with van der Waals surface area (Å²) < 4.78 is 5.57. The van der Waals surface area contributed by atoms with Crippen LogP contribution >= 0.6 is 0 Å². The Balaban J connectivity index is 1.08. The van der Waals surface area contributed by atoms with E-state index in [0.29, 0.717) is 43.1 Å². The van der Waals surface area contributed by atoms with Gasteiger partial charge in [0.1, 0.15) is 0 Å². The molecule has 2 aliphatic heterocycles. The molecule has 2 fully saturated rings. The van der Waals surface area contributed by atoms with E-state index >= 15 is 0 Å². The van der Waals surface area contributed by atoms with E-state index in [1.165, 1.54) is 11.1 Å². The average Bonchev–Trinajstić information content (AvgIpc) is 3.37. The number of ketones is 1. The highest BCUT2D eigenvalue weighted by molar-refractivity contribution is 5.99. The molecule has 1 N–H and O–H groups in total. The summed E-state index contributed by atoms with van der Waals surface area (Å²) in [7, 11) is 0. The Kier molecular flexibility index (Phi) is 6.61. The zero-order valence-corrected chi connectivity index (χ0v) is 19.1. The molecule has 174 valence electrons. The molecule has 2 unspecified atom stereocenters. The van der Waals surface area contributed by atoms with Crippen molar-refractivity contribution in [1.29, 1.82) is 0 Å². The van der Waals surface area contributed by atoms with Crippen molar-refractivity contribution in [2.45, 2.75) is 69.6 Å². The maximum Gasteiger partial charge on any atom is 0.254 e. The van der Waals surface area contributed by atoms with E-state index in [1.807, 2.05) is 4.90 Å². The summed E-state index contributed by atoms with van der Waals surface area (Å²) >= 11 is 0. The van der Waals surface area contributed by atoms with Crippen LogP contribution in [0.3, 0.4) is 0 Å². The summed E-state index contributed by atoms with van der Waals surface area (Å²) in [5.74, 6) is 0.654. The Morgan fingerprint density at radius 3 is 2.15 bits per heavy atom. The fraction of sp³-hybridized carbons (Fsp3) is 0.500. The number of ether oxygens (including phenoxy) is 1. The lowest BCUT2D eigenvalue weighted by molar-refractivity contribution is -0.00716. The normalized spacial score (nSPS) is 22.9.